The number of ether oxygens (including phenoxy) is 1. The Morgan fingerprint density at radius 1 is 1.21 bits per heavy atom. The number of aliphatic hydroxyl groups excluding tert-OH is 1. The molecule has 3 atom stereocenters. The third kappa shape index (κ3) is 5.84. The lowest BCUT2D eigenvalue weighted by molar-refractivity contribution is 0.0708. The van der Waals surface area contributed by atoms with E-state index in [2.05, 4.69) is 31.7 Å². The maximum absolute atomic E-state index is 15.3. The highest BCUT2D eigenvalue weighted by Crippen LogP contribution is 2.35. The second-order valence-electron chi connectivity index (χ2n) is 8.45. The third-order valence-electron chi connectivity index (χ3n) is 6.40. The number of benzene rings is 1. The highest BCUT2D eigenvalue weighted by molar-refractivity contribution is 5.83. The number of pyridine rings is 1. The molecule has 1 aromatic carbocycles. The van der Waals surface area contributed by atoms with Crippen molar-refractivity contribution >= 4 is 10.9 Å². The van der Waals surface area contributed by atoms with Crippen LogP contribution < -0.4 is 4.74 Å². The van der Waals surface area contributed by atoms with Crippen molar-refractivity contribution in [2.45, 2.75) is 25.4 Å². The number of fused-ring (bicyclic) bond motifs is 1. The van der Waals surface area contributed by atoms with Gasteiger partial charge in [-0.05, 0) is 73.4 Å². The minimum atomic E-state index is -1.09. The van der Waals surface area contributed by atoms with Gasteiger partial charge in [-0.25, -0.2) is 9.37 Å². The van der Waals surface area contributed by atoms with E-state index >= 15 is 4.39 Å². The molecule has 1 aliphatic heterocycles. The van der Waals surface area contributed by atoms with E-state index in [-0.39, 0.29) is 12.5 Å². The first-order valence-corrected chi connectivity index (χ1v) is 11.3. The van der Waals surface area contributed by atoms with Crippen molar-refractivity contribution in [2.75, 3.05) is 33.4 Å². The Labute approximate surface area is 193 Å². The summed E-state index contributed by atoms with van der Waals surface area (Å²) in [5.41, 5.74) is 2.07. The number of hydrogen-bond donors (Lipinski definition) is 1. The molecule has 6 nitrogen and oxygen atoms in total. The monoisotopic (exact) mass is 448 g/mol. The molecule has 172 valence electrons. The molecule has 1 N–H and O–H groups in total. The second-order valence-corrected chi connectivity index (χ2v) is 8.45. The Balaban J connectivity index is 1.34. The van der Waals surface area contributed by atoms with Crippen molar-refractivity contribution in [2.24, 2.45) is 11.8 Å². The highest BCUT2D eigenvalue weighted by Gasteiger charge is 2.29. The number of likely N-dealkylation sites (tertiary alicyclic amines) is 1. The molecule has 1 unspecified atom stereocenters. The van der Waals surface area contributed by atoms with Gasteiger partial charge in [0.15, 0.2) is 0 Å². The Hall–Kier alpha value is -3.08. The van der Waals surface area contributed by atoms with Crippen LogP contribution in [0.3, 0.4) is 0 Å². The number of methoxy groups -OCH3 is 1. The van der Waals surface area contributed by atoms with Crippen molar-refractivity contribution in [3.63, 3.8) is 0 Å². The topological polar surface area (TPSA) is 71.4 Å². The summed E-state index contributed by atoms with van der Waals surface area (Å²) < 4.78 is 20.6. The van der Waals surface area contributed by atoms with Gasteiger partial charge in [0.2, 0.25) is 0 Å². The molecule has 4 rings (SSSR count). The normalized spacial score (nSPS) is 19.6. The average molecular weight is 449 g/mol. The van der Waals surface area contributed by atoms with Crippen LogP contribution >= 0.6 is 0 Å². The van der Waals surface area contributed by atoms with Crippen LogP contribution in [0.4, 0.5) is 4.39 Å². The Morgan fingerprint density at radius 3 is 2.91 bits per heavy atom. The van der Waals surface area contributed by atoms with Crippen LogP contribution in [0, 0.1) is 23.7 Å². The van der Waals surface area contributed by atoms with Crippen LogP contribution in [0.2, 0.25) is 0 Å². The van der Waals surface area contributed by atoms with E-state index in [9.17, 15) is 5.11 Å². The van der Waals surface area contributed by atoms with Gasteiger partial charge in [0.05, 0.1) is 25.4 Å². The lowest BCUT2D eigenvalue weighted by Gasteiger charge is -2.37. The standard InChI is InChI=1S/C26H29FN4O2/c1-33-22-5-7-26-24(15-22)23(8-10-30-26)25(27)6-4-19-9-14-31(17-20(19)18-32)13-2-3-21-16-28-11-12-29-21/h5,7-8,10-12,15-16,19-20,25,32H,4,6,9,13-14,17-18H2,1H3/t19-,20-,25?/m1/s1. The molecule has 1 aliphatic rings. The molecule has 0 saturated carbocycles. The van der Waals surface area contributed by atoms with Gasteiger partial charge in [0.25, 0.3) is 0 Å². The lowest BCUT2D eigenvalue weighted by Crippen LogP contribution is -2.42. The zero-order valence-electron chi connectivity index (χ0n) is 18.8. The van der Waals surface area contributed by atoms with Crippen LogP contribution in [0.15, 0.2) is 49.1 Å². The maximum Gasteiger partial charge on any atom is 0.131 e. The summed E-state index contributed by atoms with van der Waals surface area (Å²) in [5.74, 6) is 7.28. The molecule has 1 saturated heterocycles. The molecule has 2 aromatic heterocycles. The first-order chi connectivity index (χ1) is 16.2. The molecule has 33 heavy (non-hydrogen) atoms. The van der Waals surface area contributed by atoms with Gasteiger partial charge in [-0.15, -0.1) is 0 Å². The van der Waals surface area contributed by atoms with E-state index in [0.717, 1.165) is 36.8 Å². The zero-order valence-corrected chi connectivity index (χ0v) is 18.8. The summed E-state index contributed by atoms with van der Waals surface area (Å²) in [6.07, 6.45) is 7.55. The SMILES string of the molecule is COc1ccc2nccc(C(F)CC[C@@H]3CCN(CC#Cc4cnccn4)C[C@@H]3CO)c2c1. The summed E-state index contributed by atoms with van der Waals surface area (Å²) >= 11 is 0. The molecule has 3 heterocycles. The molecular weight excluding hydrogens is 419 g/mol. The fourth-order valence-electron chi connectivity index (χ4n) is 4.55. The van der Waals surface area contributed by atoms with Crippen LogP contribution in [0.5, 0.6) is 5.75 Å². The minimum Gasteiger partial charge on any atom is -0.497 e. The molecular formula is C26H29FN4O2. The second kappa shape index (κ2) is 11.2. The summed E-state index contributed by atoms with van der Waals surface area (Å²) in [7, 11) is 1.60. The van der Waals surface area contributed by atoms with E-state index in [4.69, 9.17) is 4.74 Å². The first kappa shape index (κ1) is 23.1. The molecule has 0 spiro atoms. The number of aliphatic hydroxyl groups is 1. The van der Waals surface area contributed by atoms with Crippen molar-refractivity contribution < 1.29 is 14.2 Å². The van der Waals surface area contributed by atoms with Gasteiger partial charge < -0.3 is 9.84 Å². The molecule has 3 aromatic rings. The van der Waals surface area contributed by atoms with Crippen molar-refractivity contribution in [1.29, 1.82) is 0 Å². The number of alkyl halides is 1. The van der Waals surface area contributed by atoms with E-state index in [1.807, 2.05) is 18.2 Å². The van der Waals surface area contributed by atoms with Crippen LogP contribution in [-0.2, 0) is 0 Å². The molecule has 0 aliphatic carbocycles. The van der Waals surface area contributed by atoms with E-state index < -0.39 is 6.17 Å². The zero-order chi connectivity index (χ0) is 23.0. The van der Waals surface area contributed by atoms with Gasteiger partial charge >= 0.3 is 0 Å². The molecule has 0 amide bonds. The highest BCUT2D eigenvalue weighted by atomic mass is 19.1. The number of piperidine rings is 1. The predicted molar refractivity (Wildman–Crippen MR) is 125 cm³/mol. The van der Waals surface area contributed by atoms with Crippen molar-refractivity contribution in [3.8, 4) is 17.6 Å². The van der Waals surface area contributed by atoms with Gasteiger partial charge in [0.1, 0.15) is 17.6 Å². The number of halogens is 1. The van der Waals surface area contributed by atoms with E-state index in [0.29, 0.717) is 35.9 Å². The van der Waals surface area contributed by atoms with E-state index in [1.165, 1.54) is 0 Å². The Bertz CT molecular complexity index is 1120. The van der Waals surface area contributed by atoms with Gasteiger partial charge in [0, 0.05) is 37.1 Å². The van der Waals surface area contributed by atoms with Crippen LogP contribution in [0.25, 0.3) is 10.9 Å². The summed E-state index contributed by atoms with van der Waals surface area (Å²) in [4.78, 5) is 14.8. The maximum atomic E-state index is 15.3. The van der Waals surface area contributed by atoms with E-state index in [1.54, 1.807) is 38.0 Å². The van der Waals surface area contributed by atoms with Crippen molar-refractivity contribution in [1.82, 2.24) is 19.9 Å². The molecule has 7 heteroatoms. The Kier molecular flexibility index (Phi) is 7.82. The first-order valence-electron chi connectivity index (χ1n) is 11.3. The summed E-state index contributed by atoms with van der Waals surface area (Å²) in [5, 5.41) is 10.8. The molecule has 1 fully saturated rings. The smallest absolute Gasteiger partial charge is 0.131 e. The minimum absolute atomic E-state index is 0.102. The number of aromatic nitrogens is 3. The third-order valence-corrected chi connectivity index (χ3v) is 6.40. The van der Waals surface area contributed by atoms with Gasteiger partial charge in [-0.3, -0.25) is 14.9 Å². The summed E-state index contributed by atoms with van der Waals surface area (Å²) in [6, 6.07) is 7.30. The molecule has 0 bridgehead atoms. The van der Waals surface area contributed by atoms with Gasteiger partial charge in [-0.2, -0.15) is 0 Å². The van der Waals surface area contributed by atoms with Crippen LogP contribution in [0.1, 0.15) is 36.7 Å². The predicted octanol–water partition coefficient (Wildman–Crippen LogP) is 3.81. The van der Waals surface area contributed by atoms with Gasteiger partial charge in [-0.1, -0.05) is 5.92 Å². The largest absolute Gasteiger partial charge is 0.497 e. The fourth-order valence-corrected chi connectivity index (χ4v) is 4.55. The summed E-state index contributed by atoms with van der Waals surface area (Å²) in [6.45, 7) is 2.38. The lowest BCUT2D eigenvalue weighted by atomic mass is 9.81. The number of rotatable bonds is 7. The quantitative estimate of drug-likeness (QED) is 0.555. The molecule has 0 radical (unpaired) electrons. The fraction of sp³-hybridized carbons (Fsp3) is 0.423. The van der Waals surface area contributed by atoms with Crippen LogP contribution in [-0.4, -0.2) is 58.3 Å². The Morgan fingerprint density at radius 2 is 2.12 bits per heavy atom. The number of hydrogen-bond acceptors (Lipinski definition) is 6. The average Bonchev–Trinajstić information content (AvgIpc) is 2.87. The number of nitrogens with zero attached hydrogens (tertiary/aromatic N) is 4. The van der Waals surface area contributed by atoms with Crippen molar-refractivity contribution in [3.05, 3.63) is 60.3 Å².